The molecule has 3 rings (SSSR count). The van der Waals surface area contributed by atoms with Gasteiger partial charge in [-0.2, -0.15) is 0 Å². The lowest BCUT2D eigenvalue weighted by Gasteiger charge is -2.44. The molecule has 0 fully saturated rings. The van der Waals surface area contributed by atoms with Gasteiger partial charge in [-0.25, -0.2) is 0 Å². The molecule has 0 amide bonds. The molecule has 2 heteroatoms. The lowest BCUT2D eigenvalue weighted by molar-refractivity contribution is 0.180. The summed E-state index contributed by atoms with van der Waals surface area (Å²) in [5.41, 5.74) is 2.96. The maximum absolute atomic E-state index is 6.10. The molecule has 0 N–H and O–H groups in total. The lowest BCUT2D eigenvalue weighted by atomic mass is 9.68. The molecule has 0 aromatic heterocycles. The summed E-state index contributed by atoms with van der Waals surface area (Å²) >= 11 is 6.10. The van der Waals surface area contributed by atoms with Crippen molar-refractivity contribution in [2.24, 2.45) is 5.92 Å². The summed E-state index contributed by atoms with van der Waals surface area (Å²) in [6.07, 6.45) is 7.04. The smallest absolute Gasteiger partial charge is 0.0408 e. The molecule has 0 spiro atoms. The van der Waals surface area contributed by atoms with Crippen LogP contribution in [0, 0.1) is 5.92 Å². The summed E-state index contributed by atoms with van der Waals surface area (Å²) in [6.45, 7) is 0. The molecule has 0 radical (unpaired) electrons. The molecule has 2 aliphatic rings. The summed E-state index contributed by atoms with van der Waals surface area (Å²) < 4.78 is 0. The fourth-order valence-electron chi connectivity index (χ4n) is 3.56. The van der Waals surface area contributed by atoms with Crippen molar-refractivity contribution in [2.75, 3.05) is 14.1 Å². The first-order valence-corrected chi connectivity index (χ1v) is 6.66. The Morgan fingerprint density at radius 3 is 2.88 bits per heavy atom. The third-order valence-corrected chi connectivity index (χ3v) is 4.42. The molecule has 1 aromatic carbocycles. The zero-order valence-electron chi connectivity index (χ0n) is 10.4. The normalized spacial score (nSPS) is 30.5. The Labute approximate surface area is 108 Å². The number of allylic oxidation sites excluding steroid dienone is 1. The highest BCUT2D eigenvalue weighted by Crippen LogP contribution is 2.43. The molecule has 1 aromatic rings. The van der Waals surface area contributed by atoms with E-state index in [-0.39, 0.29) is 0 Å². The molecule has 0 saturated carbocycles. The Kier molecular flexibility index (Phi) is 2.76. The largest absolute Gasteiger partial charge is 0.305 e. The summed E-state index contributed by atoms with van der Waals surface area (Å²) in [5, 5.41) is 0.870. The first-order valence-electron chi connectivity index (χ1n) is 6.28. The van der Waals surface area contributed by atoms with E-state index in [0.29, 0.717) is 17.9 Å². The quantitative estimate of drug-likeness (QED) is 0.687. The number of halogens is 1. The number of hydrogen-bond acceptors (Lipinski definition) is 1. The fourth-order valence-corrected chi connectivity index (χ4v) is 3.76. The van der Waals surface area contributed by atoms with E-state index in [2.05, 4.69) is 43.3 Å². The average Bonchev–Trinajstić information content (AvgIpc) is 2.27. The van der Waals surface area contributed by atoms with E-state index in [1.165, 1.54) is 11.1 Å². The van der Waals surface area contributed by atoms with Gasteiger partial charge < -0.3 is 4.90 Å². The standard InChI is InChI=1S/C15H18ClN/c1-17(2)15-10-4-3-5-14(15)13-7-6-12(16)9-11(13)8-10/h3-4,6-7,9-10,14-15H,5,8H2,1-2H3/t10-,14-,15+/m1/s1. The van der Waals surface area contributed by atoms with Crippen LogP contribution in [-0.4, -0.2) is 25.0 Å². The molecule has 2 bridgehead atoms. The van der Waals surface area contributed by atoms with Crippen molar-refractivity contribution < 1.29 is 0 Å². The van der Waals surface area contributed by atoms with Crippen molar-refractivity contribution in [1.82, 2.24) is 4.90 Å². The minimum absolute atomic E-state index is 0.640. The molecule has 3 atom stereocenters. The van der Waals surface area contributed by atoms with Crippen LogP contribution in [-0.2, 0) is 6.42 Å². The summed E-state index contributed by atoms with van der Waals surface area (Å²) in [6, 6.07) is 7.07. The van der Waals surface area contributed by atoms with Gasteiger partial charge in [0.15, 0.2) is 0 Å². The molecule has 17 heavy (non-hydrogen) atoms. The van der Waals surface area contributed by atoms with E-state index in [0.717, 1.165) is 17.9 Å². The van der Waals surface area contributed by atoms with Crippen molar-refractivity contribution in [3.8, 4) is 0 Å². The minimum Gasteiger partial charge on any atom is -0.305 e. The molecule has 90 valence electrons. The topological polar surface area (TPSA) is 3.24 Å². The maximum Gasteiger partial charge on any atom is 0.0408 e. The molecule has 0 heterocycles. The third kappa shape index (κ3) is 1.82. The Balaban J connectivity index is 2.08. The van der Waals surface area contributed by atoms with Gasteiger partial charge in [-0.15, -0.1) is 0 Å². The van der Waals surface area contributed by atoms with E-state index >= 15 is 0 Å². The summed E-state index contributed by atoms with van der Waals surface area (Å²) in [7, 11) is 4.40. The van der Waals surface area contributed by atoms with E-state index in [1.54, 1.807) is 0 Å². The number of hydrogen-bond donors (Lipinski definition) is 0. The van der Waals surface area contributed by atoms with Gasteiger partial charge in [0.2, 0.25) is 0 Å². The highest BCUT2D eigenvalue weighted by atomic mass is 35.5. The first-order chi connectivity index (χ1) is 8.16. The van der Waals surface area contributed by atoms with Crippen LogP contribution in [0.4, 0.5) is 0 Å². The van der Waals surface area contributed by atoms with Crippen LogP contribution >= 0.6 is 11.6 Å². The van der Waals surface area contributed by atoms with E-state index in [1.807, 2.05) is 6.07 Å². The average molecular weight is 248 g/mol. The van der Waals surface area contributed by atoms with Gasteiger partial charge in [0.25, 0.3) is 0 Å². The Hall–Kier alpha value is -0.790. The second-order valence-electron chi connectivity index (χ2n) is 5.44. The summed E-state index contributed by atoms with van der Waals surface area (Å²) in [4.78, 5) is 2.39. The zero-order valence-corrected chi connectivity index (χ0v) is 11.1. The van der Waals surface area contributed by atoms with Crippen LogP contribution in [0.25, 0.3) is 0 Å². The van der Waals surface area contributed by atoms with Gasteiger partial charge in [0.05, 0.1) is 0 Å². The minimum atomic E-state index is 0.640. The van der Waals surface area contributed by atoms with E-state index in [9.17, 15) is 0 Å². The zero-order chi connectivity index (χ0) is 12.0. The Bertz CT molecular complexity index is 464. The molecule has 2 aliphatic carbocycles. The van der Waals surface area contributed by atoms with Crippen molar-refractivity contribution in [2.45, 2.75) is 24.8 Å². The van der Waals surface area contributed by atoms with Crippen LogP contribution < -0.4 is 0 Å². The van der Waals surface area contributed by atoms with E-state index in [4.69, 9.17) is 11.6 Å². The Morgan fingerprint density at radius 1 is 1.29 bits per heavy atom. The first kappa shape index (κ1) is 11.3. The number of nitrogens with zero attached hydrogens (tertiary/aromatic N) is 1. The molecule has 0 aliphatic heterocycles. The number of fused-ring (bicyclic) bond motifs is 4. The predicted octanol–water partition coefficient (Wildman–Crippen LogP) is 3.49. The molecule has 1 nitrogen and oxygen atoms in total. The van der Waals surface area contributed by atoms with Gasteiger partial charge in [0, 0.05) is 17.0 Å². The van der Waals surface area contributed by atoms with Crippen LogP contribution in [0.2, 0.25) is 5.02 Å². The van der Waals surface area contributed by atoms with Crippen molar-refractivity contribution in [3.63, 3.8) is 0 Å². The van der Waals surface area contributed by atoms with Crippen molar-refractivity contribution in [3.05, 3.63) is 46.5 Å². The number of benzene rings is 1. The highest BCUT2D eigenvalue weighted by molar-refractivity contribution is 6.30. The second-order valence-corrected chi connectivity index (χ2v) is 5.87. The summed E-state index contributed by atoms with van der Waals surface area (Å²) in [5.74, 6) is 1.29. The van der Waals surface area contributed by atoms with Gasteiger partial charge >= 0.3 is 0 Å². The molecule has 0 unspecified atom stereocenters. The predicted molar refractivity (Wildman–Crippen MR) is 72.6 cm³/mol. The van der Waals surface area contributed by atoms with E-state index < -0.39 is 0 Å². The number of rotatable bonds is 1. The van der Waals surface area contributed by atoms with Crippen LogP contribution in [0.15, 0.2) is 30.4 Å². The lowest BCUT2D eigenvalue weighted by Crippen LogP contribution is -2.45. The molecular formula is C15H18ClN. The van der Waals surface area contributed by atoms with Crippen LogP contribution in [0.5, 0.6) is 0 Å². The van der Waals surface area contributed by atoms with Crippen molar-refractivity contribution in [1.29, 1.82) is 0 Å². The van der Waals surface area contributed by atoms with Crippen molar-refractivity contribution >= 4 is 11.6 Å². The van der Waals surface area contributed by atoms with Gasteiger partial charge in [-0.3, -0.25) is 0 Å². The monoisotopic (exact) mass is 247 g/mol. The van der Waals surface area contributed by atoms with Gasteiger partial charge in [-0.05, 0) is 56.1 Å². The van der Waals surface area contributed by atoms with Gasteiger partial charge in [0.1, 0.15) is 0 Å². The van der Waals surface area contributed by atoms with Crippen LogP contribution in [0.1, 0.15) is 23.5 Å². The van der Waals surface area contributed by atoms with Gasteiger partial charge in [-0.1, -0.05) is 29.8 Å². The SMILES string of the molecule is CN(C)[C@H]1[C@@H]2C=CC[C@@H]1c1ccc(Cl)cc1C2. The third-order valence-electron chi connectivity index (χ3n) is 4.18. The fraction of sp³-hybridized carbons (Fsp3) is 0.467. The maximum atomic E-state index is 6.10. The van der Waals surface area contributed by atoms with Crippen LogP contribution in [0.3, 0.4) is 0 Å². The molecular weight excluding hydrogens is 230 g/mol. The highest BCUT2D eigenvalue weighted by Gasteiger charge is 2.38. The second kappa shape index (κ2) is 4.15. The number of likely N-dealkylation sites (N-methyl/N-ethyl adjacent to an activating group) is 1. The Morgan fingerprint density at radius 2 is 2.12 bits per heavy atom. The molecule has 0 saturated heterocycles.